The summed E-state index contributed by atoms with van der Waals surface area (Å²) in [7, 11) is 0. The summed E-state index contributed by atoms with van der Waals surface area (Å²) in [6, 6.07) is 14.3. The molecule has 2 aromatic carbocycles. The quantitative estimate of drug-likeness (QED) is 0.444. The van der Waals surface area contributed by atoms with Gasteiger partial charge in [-0.15, -0.1) is 0 Å². The SMILES string of the molecule is O=C([O-])CCC(=O)Nc1ccc(CCCCCN2C(=O)c3ccccc3C2=O)cc1.[NH4+]. The van der Waals surface area contributed by atoms with E-state index in [1.807, 2.05) is 12.1 Å². The number of carbonyl (C=O) groups excluding carboxylic acids is 4. The zero-order valence-corrected chi connectivity index (χ0v) is 17.6. The van der Waals surface area contributed by atoms with E-state index in [1.54, 1.807) is 36.4 Å². The van der Waals surface area contributed by atoms with Gasteiger partial charge in [-0.05, 0) is 55.5 Å². The minimum atomic E-state index is -1.25. The summed E-state index contributed by atoms with van der Waals surface area (Å²) in [5.41, 5.74) is 2.69. The van der Waals surface area contributed by atoms with Gasteiger partial charge in [0.1, 0.15) is 0 Å². The van der Waals surface area contributed by atoms with Crippen LogP contribution < -0.4 is 16.6 Å². The Morgan fingerprint density at radius 3 is 2.03 bits per heavy atom. The third-order valence-electron chi connectivity index (χ3n) is 5.02. The monoisotopic (exact) mass is 425 g/mol. The molecule has 0 saturated carbocycles. The smallest absolute Gasteiger partial charge is 0.261 e. The van der Waals surface area contributed by atoms with Crippen molar-refractivity contribution in [1.29, 1.82) is 0 Å². The van der Waals surface area contributed by atoms with Crippen LogP contribution in [-0.4, -0.2) is 35.1 Å². The summed E-state index contributed by atoms with van der Waals surface area (Å²) < 4.78 is 0. The molecule has 3 rings (SSSR count). The van der Waals surface area contributed by atoms with Gasteiger partial charge in [0.2, 0.25) is 5.91 Å². The van der Waals surface area contributed by atoms with Gasteiger partial charge >= 0.3 is 0 Å². The first-order valence-corrected chi connectivity index (χ1v) is 9.99. The molecule has 0 aromatic heterocycles. The number of amides is 3. The average molecular weight is 425 g/mol. The molecule has 0 bridgehead atoms. The maximum absolute atomic E-state index is 12.3. The lowest BCUT2D eigenvalue weighted by molar-refractivity contribution is -0.305. The van der Waals surface area contributed by atoms with Crippen LogP contribution >= 0.6 is 0 Å². The molecule has 0 saturated heterocycles. The maximum Gasteiger partial charge on any atom is 0.261 e. The zero-order chi connectivity index (χ0) is 21.5. The van der Waals surface area contributed by atoms with E-state index in [-0.39, 0.29) is 36.7 Å². The van der Waals surface area contributed by atoms with E-state index in [9.17, 15) is 24.3 Å². The normalized spacial score (nSPS) is 12.3. The Bertz CT molecular complexity index is 921. The average Bonchev–Trinajstić information content (AvgIpc) is 2.98. The van der Waals surface area contributed by atoms with E-state index in [0.29, 0.717) is 23.4 Å². The van der Waals surface area contributed by atoms with Gasteiger partial charge in [0.25, 0.3) is 11.8 Å². The van der Waals surface area contributed by atoms with Crippen molar-refractivity contribution in [2.75, 3.05) is 11.9 Å². The molecule has 5 N–H and O–H groups in total. The molecule has 31 heavy (non-hydrogen) atoms. The van der Waals surface area contributed by atoms with Gasteiger partial charge < -0.3 is 21.4 Å². The standard InChI is InChI=1S/C23H24N2O5.H3N/c26-20(13-14-21(27)28)24-17-11-9-16(10-12-17)6-2-1-5-15-25-22(29)18-7-3-4-8-19(18)23(25)30;/h3-4,7-12H,1-2,5-6,13-15H2,(H,24,26)(H,27,28);1H3. The van der Waals surface area contributed by atoms with Crippen LogP contribution in [0.3, 0.4) is 0 Å². The molecule has 3 amide bonds. The number of rotatable bonds is 10. The van der Waals surface area contributed by atoms with E-state index >= 15 is 0 Å². The van der Waals surface area contributed by atoms with Crippen molar-refractivity contribution < 1.29 is 24.3 Å². The number of imide groups is 1. The maximum atomic E-state index is 12.3. The largest absolute Gasteiger partial charge is 0.550 e. The van der Waals surface area contributed by atoms with Crippen LogP contribution in [0, 0.1) is 0 Å². The lowest BCUT2D eigenvalue weighted by atomic mass is 10.1. The number of fused-ring (bicyclic) bond motifs is 1. The molecule has 0 unspecified atom stereocenters. The third-order valence-corrected chi connectivity index (χ3v) is 5.02. The minimum Gasteiger partial charge on any atom is -0.550 e. The number of anilines is 1. The summed E-state index contributed by atoms with van der Waals surface area (Å²) in [4.78, 5) is 48.0. The molecule has 0 radical (unpaired) electrons. The lowest BCUT2D eigenvalue weighted by Crippen LogP contribution is -2.30. The van der Waals surface area contributed by atoms with Crippen LogP contribution in [0.4, 0.5) is 5.69 Å². The predicted octanol–water partition coefficient (Wildman–Crippen LogP) is 2.54. The number of carboxylic acids is 1. The van der Waals surface area contributed by atoms with Crippen molar-refractivity contribution in [2.24, 2.45) is 0 Å². The molecule has 1 aliphatic rings. The summed E-state index contributed by atoms with van der Waals surface area (Å²) in [6.45, 7) is 0.420. The highest BCUT2D eigenvalue weighted by Crippen LogP contribution is 2.23. The van der Waals surface area contributed by atoms with Gasteiger partial charge in [-0.25, -0.2) is 0 Å². The molecule has 2 aromatic rings. The number of carboxylic acid groups (broad SMARTS) is 1. The summed E-state index contributed by atoms with van der Waals surface area (Å²) >= 11 is 0. The molecule has 164 valence electrons. The Morgan fingerprint density at radius 1 is 0.839 bits per heavy atom. The highest BCUT2D eigenvalue weighted by molar-refractivity contribution is 6.21. The van der Waals surface area contributed by atoms with Crippen molar-refractivity contribution in [1.82, 2.24) is 11.1 Å². The molecule has 8 heteroatoms. The van der Waals surface area contributed by atoms with Gasteiger partial charge in [-0.1, -0.05) is 30.7 Å². The fourth-order valence-corrected chi connectivity index (χ4v) is 3.41. The number of aryl methyl sites for hydroxylation is 1. The fourth-order valence-electron chi connectivity index (χ4n) is 3.41. The highest BCUT2D eigenvalue weighted by Gasteiger charge is 2.34. The molecular weight excluding hydrogens is 398 g/mol. The second-order valence-electron chi connectivity index (χ2n) is 7.24. The Labute approximate surface area is 180 Å². The van der Waals surface area contributed by atoms with E-state index in [2.05, 4.69) is 5.32 Å². The molecule has 0 fully saturated rings. The molecule has 1 heterocycles. The van der Waals surface area contributed by atoms with Gasteiger partial charge in [0.05, 0.1) is 11.1 Å². The first-order valence-electron chi connectivity index (χ1n) is 9.99. The number of aliphatic carboxylic acids is 1. The Morgan fingerprint density at radius 2 is 1.45 bits per heavy atom. The summed E-state index contributed by atoms with van der Waals surface area (Å²) in [6.07, 6.45) is 2.98. The van der Waals surface area contributed by atoms with Crippen molar-refractivity contribution >= 4 is 29.4 Å². The first kappa shape index (κ1) is 23.8. The van der Waals surface area contributed by atoms with E-state index < -0.39 is 5.97 Å². The van der Waals surface area contributed by atoms with Crippen LogP contribution in [-0.2, 0) is 16.0 Å². The number of hydrogen-bond acceptors (Lipinski definition) is 5. The summed E-state index contributed by atoms with van der Waals surface area (Å²) in [5.74, 6) is -2.04. The first-order chi connectivity index (χ1) is 14.5. The molecule has 0 aliphatic carbocycles. The van der Waals surface area contributed by atoms with Crippen molar-refractivity contribution in [3.05, 3.63) is 65.2 Å². The Balaban J connectivity index is 0.00000341. The second-order valence-corrected chi connectivity index (χ2v) is 7.24. The number of hydrogen-bond donors (Lipinski definition) is 2. The predicted molar refractivity (Wildman–Crippen MR) is 115 cm³/mol. The number of nitrogens with one attached hydrogen (secondary N) is 1. The third kappa shape index (κ3) is 6.23. The second kappa shape index (κ2) is 11.0. The van der Waals surface area contributed by atoms with E-state index in [1.165, 1.54) is 4.90 Å². The molecule has 1 aliphatic heterocycles. The molecule has 8 nitrogen and oxygen atoms in total. The number of unbranched alkanes of at least 4 members (excludes halogenated alkanes) is 2. The van der Waals surface area contributed by atoms with Crippen molar-refractivity contribution in [3.63, 3.8) is 0 Å². The van der Waals surface area contributed by atoms with E-state index in [4.69, 9.17) is 0 Å². The van der Waals surface area contributed by atoms with Crippen LogP contribution in [0.15, 0.2) is 48.5 Å². The van der Waals surface area contributed by atoms with Gasteiger partial charge in [0.15, 0.2) is 0 Å². The molecule has 0 spiro atoms. The van der Waals surface area contributed by atoms with Crippen LogP contribution in [0.25, 0.3) is 0 Å². The van der Waals surface area contributed by atoms with Crippen LogP contribution in [0.1, 0.15) is 58.4 Å². The van der Waals surface area contributed by atoms with Crippen molar-refractivity contribution in [2.45, 2.75) is 38.5 Å². The topological polar surface area (TPSA) is 143 Å². The number of benzene rings is 2. The van der Waals surface area contributed by atoms with Gasteiger partial charge in [-0.2, -0.15) is 0 Å². The fraction of sp³-hybridized carbons (Fsp3) is 0.304. The number of nitrogens with zero attached hydrogens (tertiary/aromatic N) is 1. The van der Waals surface area contributed by atoms with E-state index in [0.717, 1.165) is 31.2 Å². The molecular formula is C23H27N3O5. The van der Waals surface area contributed by atoms with Crippen LogP contribution in [0.2, 0.25) is 0 Å². The molecule has 0 atom stereocenters. The van der Waals surface area contributed by atoms with Gasteiger partial charge in [-0.3, -0.25) is 19.3 Å². The Kier molecular flexibility index (Phi) is 8.45. The van der Waals surface area contributed by atoms with Crippen LogP contribution in [0.5, 0.6) is 0 Å². The number of carbonyl (C=O) groups is 4. The number of quaternary nitrogens is 1. The highest BCUT2D eigenvalue weighted by atomic mass is 16.4. The summed E-state index contributed by atoms with van der Waals surface area (Å²) in [5, 5.41) is 13.0. The van der Waals surface area contributed by atoms with Gasteiger partial charge in [0, 0.05) is 24.6 Å². The lowest BCUT2D eigenvalue weighted by Gasteiger charge is -2.13. The minimum absolute atomic E-state index is 0. The zero-order valence-electron chi connectivity index (χ0n) is 17.6. The Hall–Kier alpha value is -3.52. The van der Waals surface area contributed by atoms with Crippen molar-refractivity contribution in [3.8, 4) is 0 Å².